The molecule has 4 nitrogen and oxygen atoms in total. The number of terminal acetylenes is 1. The third-order valence-electron chi connectivity index (χ3n) is 7.04. The molecule has 1 amide bonds. The predicted molar refractivity (Wildman–Crippen MR) is 141 cm³/mol. The smallest absolute Gasteiger partial charge is 0.409 e. The molecule has 172 valence electrons. The molecule has 0 spiro atoms. The predicted octanol–water partition coefficient (Wildman–Crippen LogP) is 5.48. The molecule has 3 aromatic carbocycles. The zero-order chi connectivity index (χ0) is 23.7. The molecule has 1 aliphatic heterocycles. The highest BCUT2D eigenvalue weighted by molar-refractivity contribution is 7.79. The Morgan fingerprint density at radius 1 is 1.03 bits per heavy atom. The summed E-state index contributed by atoms with van der Waals surface area (Å²) in [7, 11) is 0. The average Bonchev–Trinajstić information content (AvgIpc) is 3.21. The van der Waals surface area contributed by atoms with E-state index in [1.807, 2.05) is 11.0 Å². The number of benzene rings is 3. The Hall–Kier alpha value is -3.36. The largest absolute Gasteiger partial charge is 0.448 e. The number of rotatable bonds is 4. The van der Waals surface area contributed by atoms with Crippen LogP contribution in [-0.2, 0) is 10.5 Å². The van der Waals surface area contributed by atoms with Crippen molar-refractivity contribution < 1.29 is 9.53 Å². The van der Waals surface area contributed by atoms with Gasteiger partial charge in [0.25, 0.3) is 0 Å². The maximum atomic E-state index is 12.9. The van der Waals surface area contributed by atoms with Gasteiger partial charge in [-0.15, -0.1) is 6.42 Å². The van der Waals surface area contributed by atoms with E-state index in [4.69, 9.17) is 11.2 Å². The number of piperazine rings is 1. The molecule has 0 aromatic heterocycles. The van der Waals surface area contributed by atoms with Crippen molar-refractivity contribution in [3.63, 3.8) is 0 Å². The van der Waals surface area contributed by atoms with Crippen molar-refractivity contribution in [3.05, 3.63) is 88.5 Å². The number of anilines is 1. The van der Waals surface area contributed by atoms with Gasteiger partial charge in [0.05, 0.1) is 0 Å². The number of carbonyl (C=O) groups excluding carboxylic acids is 1. The minimum atomic E-state index is -0.244. The number of carbonyl (C=O) groups is 1. The minimum Gasteiger partial charge on any atom is -0.448 e. The molecule has 3 aromatic rings. The standard InChI is InChI=1S/C29H28N2O2S/c1-3-21-16-22(19-34)20(2)28(17-21)30-12-14-31(15-13-30)29(32)33-18-27-25-10-6-4-8-23(25)24-9-5-7-11-26(24)27/h1,4-11,16-17,27,34H,12-15,18-19H2,2H3. The lowest BCUT2D eigenvalue weighted by atomic mass is 9.98. The van der Waals surface area contributed by atoms with Crippen LogP contribution in [0.2, 0.25) is 0 Å². The molecular weight excluding hydrogens is 440 g/mol. The van der Waals surface area contributed by atoms with Crippen LogP contribution in [0.15, 0.2) is 60.7 Å². The van der Waals surface area contributed by atoms with Crippen LogP contribution in [0.5, 0.6) is 0 Å². The Balaban J connectivity index is 1.24. The van der Waals surface area contributed by atoms with Gasteiger partial charge in [-0.3, -0.25) is 0 Å². The highest BCUT2D eigenvalue weighted by Crippen LogP contribution is 2.44. The number of nitrogens with zero attached hydrogens (tertiary/aromatic N) is 2. The van der Waals surface area contributed by atoms with E-state index in [9.17, 15) is 4.79 Å². The van der Waals surface area contributed by atoms with Crippen LogP contribution in [0.3, 0.4) is 0 Å². The van der Waals surface area contributed by atoms with Crippen LogP contribution in [0.25, 0.3) is 11.1 Å². The van der Waals surface area contributed by atoms with E-state index in [-0.39, 0.29) is 12.0 Å². The highest BCUT2D eigenvalue weighted by Gasteiger charge is 2.30. The van der Waals surface area contributed by atoms with E-state index in [0.717, 1.165) is 29.9 Å². The van der Waals surface area contributed by atoms with Gasteiger partial charge < -0.3 is 14.5 Å². The lowest BCUT2D eigenvalue weighted by molar-refractivity contribution is 0.0977. The third kappa shape index (κ3) is 4.03. The van der Waals surface area contributed by atoms with Crippen molar-refractivity contribution in [3.8, 4) is 23.5 Å². The lowest BCUT2D eigenvalue weighted by Gasteiger charge is -2.36. The molecule has 1 aliphatic carbocycles. The van der Waals surface area contributed by atoms with Crippen LogP contribution in [0, 0.1) is 19.3 Å². The van der Waals surface area contributed by atoms with Crippen molar-refractivity contribution in [2.45, 2.75) is 18.6 Å². The molecule has 0 radical (unpaired) electrons. The summed E-state index contributed by atoms with van der Waals surface area (Å²) in [5, 5.41) is 0. The Kier molecular flexibility index (Phi) is 6.26. The van der Waals surface area contributed by atoms with Crippen LogP contribution >= 0.6 is 12.6 Å². The van der Waals surface area contributed by atoms with Crippen LogP contribution in [0.1, 0.15) is 33.7 Å². The summed E-state index contributed by atoms with van der Waals surface area (Å²) in [4.78, 5) is 17.0. The first-order valence-electron chi connectivity index (χ1n) is 11.7. The molecule has 5 rings (SSSR count). The molecule has 5 heteroatoms. The molecule has 0 N–H and O–H groups in total. The first-order chi connectivity index (χ1) is 16.6. The van der Waals surface area contributed by atoms with E-state index in [1.54, 1.807) is 0 Å². The molecular formula is C29H28N2O2S. The van der Waals surface area contributed by atoms with E-state index >= 15 is 0 Å². The fraction of sp³-hybridized carbons (Fsp3) is 0.276. The Bertz CT molecular complexity index is 1230. The molecule has 0 unspecified atom stereocenters. The highest BCUT2D eigenvalue weighted by atomic mass is 32.1. The summed E-state index contributed by atoms with van der Waals surface area (Å²) in [6.45, 7) is 5.18. The Morgan fingerprint density at radius 2 is 1.65 bits per heavy atom. The normalized spacial score (nSPS) is 15.0. The van der Waals surface area contributed by atoms with Gasteiger partial charge in [0, 0.05) is 49.1 Å². The monoisotopic (exact) mass is 468 g/mol. The summed E-state index contributed by atoms with van der Waals surface area (Å²) in [5.74, 6) is 3.47. The van der Waals surface area contributed by atoms with Gasteiger partial charge in [-0.25, -0.2) is 4.79 Å². The van der Waals surface area contributed by atoms with Gasteiger partial charge in [-0.1, -0.05) is 54.5 Å². The van der Waals surface area contributed by atoms with Gasteiger partial charge in [0.15, 0.2) is 0 Å². The second kappa shape index (κ2) is 9.48. The van der Waals surface area contributed by atoms with Gasteiger partial charge in [0.1, 0.15) is 6.61 Å². The second-order valence-corrected chi connectivity index (χ2v) is 9.18. The van der Waals surface area contributed by atoms with Gasteiger partial charge in [-0.05, 0) is 52.4 Å². The quantitative estimate of drug-likeness (QED) is 0.407. The van der Waals surface area contributed by atoms with Crippen molar-refractivity contribution in [2.75, 3.05) is 37.7 Å². The SMILES string of the molecule is C#Cc1cc(CS)c(C)c(N2CCN(C(=O)OCC3c4ccccc4-c4ccccc43)CC2)c1. The summed E-state index contributed by atoms with van der Waals surface area (Å²) in [6.07, 6.45) is 5.42. The fourth-order valence-electron chi connectivity index (χ4n) is 5.15. The third-order valence-corrected chi connectivity index (χ3v) is 7.38. The van der Waals surface area contributed by atoms with Crippen LogP contribution < -0.4 is 4.90 Å². The van der Waals surface area contributed by atoms with Crippen LogP contribution in [0.4, 0.5) is 10.5 Å². The number of hydrogen-bond donors (Lipinski definition) is 1. The first-order valence-corrected chi connectivity index (χ1v) is 12.3. The zero-order valence-corrected chi connectivity index (χ0v) is 20.2. The molecule has 1 saturated heterocycles. The van der Waals surface area contributed by atoms with E-state index in [1.165, 1.54) is 27.8 Å². The van der Waals surface area contributed by atoms with E-state index in [2.05, 4.69) is 85.0 Å². The summed E-state index contributed by atoms with van der Waals surface area (Å²) < 4.78 is 5.85. The molecule has 0 atom stereocenters. The molecule has 2 aliphatic rings. The zero-order valence-electron chi connectivity index (χ0n) is 19.3. The molecule has 34 heavy (non-hydrogen) atoms. The summed E-state index contributed by atoms with van der Waals surface area (Å²) >= 11 is 4.46. The van der Waals surface area contributed by atoms with Crippen molar-refractivity contribution in [1.82, 2.24) is 4.90 Å². The van der Waals surface area contributed by atoms with Crippen LogP contribution in [-0.4, -0.2) is 43.8 Å². The number of fused-ring (bicyclic) bond motifs is 3. The average molecular weight is 469 g/mol. The molecule has 1 fully saturated rings. The molecule has 0 saturated carbocycles. The first kappa shape index (κ1) is 22.4. The van der Waals surface area contributed by atoms with E-state index < -0.39 is 0 Å². The second-order valence-electron chi connectivity index (χ2n) is 8.86. The summed E-state index contributed by atoms with van der Waals surface area (Å²) in [5.41, 5.74) is 9.26. The number of amides is 1. The number of hydrogen-bond acceptors (Lipinski definition) is 4. The Labute approximate surface area is 206 Å². The van der Waals surface area contributed by atoms with Crippen molar-refractivity contribution in [2.24, 2.45) is 0 Å². The maximum absolute atomic E-state index is 12.9. The topological polar surface area (TPSA) is 32.8 Å². The number of thiol groups is 1. The van der Waals surface area contributed by atoms with Crippen molar-refractivity contribution >= 4 is 24.4 Å². The fourth-order valence-corrected chi connectivity index (χ4v) is 5.48. The van der Waals surface area contributed by atoms with Crippen molar-refractivity contribution in [1.29, 1.82) is 0 Å². The molecule has 1 heterocycles. The van der Waals surface area contributed by atoms with Gasteiger partial charge in [0.2, 0.25) is 0 Å². The summed E-state index contributed by atoms with van der Waals surface area (Å²) in [6, 6.07) is 20.9. The van der Waals surface area contributed by atoms with Gasteiger partial charge >= 0.3 is 6.09 Å². The lowest BCUT2D eigenvalue weighted by Crippen LogP contribution is -2.49. The van der Waals surface area contributed by atoms with E-state index in [0.29, 0.717) is 25.4 Å². The van der Waals surface area contributed by atoms with Gasteiger partial charge in [-0.2, -0.15) is 12.6 Å². The molecule has 0 bridgehead atoms. The maximum Gasteiger partial charge on any atom is 0.409 e. The number of ether oxygens (including phenoxy) is 1. The minimum absolute atomic E-state index is 0.0754. The Morgan fingerprint density at radius 3 is 2.24 bits per heavy atom.